The van der Waals surface area contributed by atoms with E-state index in [2.05, 4.69) is 41.4 Å². The molecule has 0 atom stereocenters. The molecular weight excluding hydrogens is 362 g/mol. The Bertz CT molecular complexity index is 1180. The van der Waals surface area contributed by atoms with E-state index in [9.17, 15) is 4.79 Å². The maximum Gasteiger partial charge on any atom is 0.290 e. The molecule has 0 saturated heterocycles. The van der Waals surface area contributed by atoms with Gasteiger partial charge in [-0.1, -0.05) is 57.2 Å². The minimum absolute atomic E-state index is 0.178. The van der Waals surface area contributed by atoms with E-state index in [1.807, 2.05) is 66.9 Å². The largest absolute Gasteiger partial charge is 0.361 e. The number of carbonyl (C=O) groups excluding carboxylic acids is 1. The number of hydrogen-bond acceptors (Lipinski definition) is 3. The molecule has 2 aromatic carbocycles. The quantitative estimate of drug-likeness (QED) is 0.403. The minimum Gasteiger partial charge on any atom is -0.361 e. The zero-order chi connectivity index (χ0) is 20.4. The summed E-state index contributed by atoms with van der Waals surface area (Å²) in [6.07, 6.45) is 3.51. The lowest BCUT2D eigenvalue weighted by Gasteiger charge is -2.14. The highest BCUT2D eigenvalue weighted by Crippen LogP contribution is 2.23. The van der Waals surface area contributed by atoms with Gasteiger partial charge in [-0.15, -0.1) is 0 Å². The Morgan fingerprint density at radius 2 is 1.83 bits per heavy atom. The molecule has 0 aliphatic heterocycles. The second-order valence-electron chi connectivity index (χ2n) is 7.90. The molecule has 2 N–H and O–H groups in total. The summed E-state index contributed by atoms with van der Waals surface area (Å²) in [5.74, 6) is -0.312. The number of H-pyrrole nitrogens is 1. The third kappa shape index (κ3) is 3.82. The Balaban J connectivity index is 1.62. The summed E-state index contributed by atoms with van der Waals surface area (Å²) in [6, 6.07) is 19.4. The van der Waals surface area contributed by atoms with E-state index in [4.69, 9.17) is 0 Å². The number of para-hydroxylation sites is 2. The predicted octanol–water partition coefficient (Wildman–Crippen LogP) is 4.42. The predicted molar refractivity (Wildman–Crippen MR) is 116 cm³/mol. The van der Waals surface area contributed by atoms with Crippen LogP contribution in [0.2, 0.25) is 0 Å². The first kappa shape index (κ1) is 18.7. The van der Waals surface area contributed by atoms with Gasteiger partial charge in [0.2, 0.25) is 0 Å². The van der Waals surface area contributed by atoms with Crippen molar-refractivity contribution in [2.75, 3.05) is 0 Å². The van der Waals surface area contributed by atoms with Crippen LogP contribution in [0.1, 0.15) is 42.5 Å². The molecule has 1 amide bonds. The molecule has 0 fully saturated rings. The number of amides is 1. The third-order valence-electron chi connectivity index (χ3n) is 4.70. The van der Waals surface area contributed by atoms with Crippen molar-refractivity contribution in [3.63, 3.8) is 0 Å². The lowest BCUT2D eigenvalue weighted by molar-refractivity contribution is 0.0947. The summed E-state index contributed by atoms with van der Waals surface area (Å²) >= 11 is 0. The summed E-state index contributed by atoms with van der Waals surface area (Å²) in [4.78, 5) is 16.1. The fourth-order valence-electron chi connectivity index (χ4n) is 3.09. The Hall–Kier alpha value is -3.67. The number of carbonyl (C=O) groups is 1. The van der Waals surface area contributed by atoms with Crippen molar-refractivity contribution in [3.8, 4) is 5.69 Å². The minimum atomic E-state index is -0.312. The number of nitrogens with zero attached hydrogens (tertiary/aromatic N) is 3. The van der Waals surface area contributed by atoms with Crippen LogP contribution in [-0.2, 0) is 5.41 Å². The van der Waals surface area contributed by atoms with Gasteiger partial charge in [-0.05, 0) is 24.3 Å². The number of hydrazone groups is 1. The summed E-state index contributed by atoms with van der Waals surface area (Å²) in [7, 11) is 0. The van der Waals surface area contributed by atoms with Gasteiger partial charge >= 0.3 is 0 Å². The van der Waals surface area contributed by atoms with E-state index in [0.29, 0.717) is 5.69 Å². The van der Waals surface area contributed by atoms with E-state index < -0.39 is 0 Å². The van der Waals surface area contributed by atoms with Gasteiger partial charge in [0, 0.05) is 28.1 Å². The number of aromatic amines is 1. The Kier molecular flexibility index (Phi) is 4.76. The second-order valence-corrected chi connectivity index (χ2v) is 7.90. The van der Waals surface area contributed by atoms with Gasteiger partial charge in [-0.3, -0.25) is 4.79 Å². The molecule has 29 heavy (non-hydrogen) atoms. The molecule has 0 aliphatic rings. The standard InChI is InChI=1S/C23H23N5O/c1-23(2,3)21-13-20(28(27-21)17-9-5-4-6-10-17)22(29)26-25-15-16-14-24-19-12-8-7-11-18(16)19/h4-15,24H,1-3H3,(H,26,29)/b25-15-. The number of benzene rings is 2. The van der Waals surface area contributed by atoms with E-state index in [1.165, 1.54) is 0 Å². The van der Waals surface area contributed by atoms with Gasteiger partial charge < -0.3 is 4.98 Å². The fourth-order valence-corrected chi connectivity index (χ4v) is 3.09. The molecule has 4 rings (SSSR count). The van der Waals surface area contributed by atoms with Crippen LogP contribution in [0.5, 0.6) is 0 Å². The SMILES string of the molecule is CC(C)(C)c1cc(C(=O)N/N=C\c2c[nH]c3ccccc23)n(-c2ccccc2)n1. The monoisotopic (exact) mass is 385 g/mol. The molecule has 4 aromatic rings. The highest BCUT2D eigenvalue weighted by atomic mass is 16.2. The van der Waals surface area contributed by atoms with Crippen LogP contribution in [0.15, 0.2) is 72.0 Å². The van der Waals surface area contributed by atoms with Crippen LogP contribution < -0.4 is 5.43 Å². The van der Waals surface area contributed by atoms with Crippen molar-refractivity contribution in [1.82, 2.24) is 20.2 Å². The molecule has 6 heteroatoms. The average molecular weight is 385 g/mol. The van der Waals surface area contributed by atoms with Crippen LogP contribution in [0.4, 0.5) is 0 Å². The number of aromatic nitrogens is 3. The number of fused-ring (bicyclic) bond motifs is 1. The first-order valence-electron chi connectivity index (χ1n) is 9.49. The first-order valence-corrected chi connectivity index (χ1v) is 9.49. The van der Waals surface area contributed by atoms with Crippen LogP contribution in [-0.4, -0.2) is 26.9 Å². The normalized spacial score (nSPS) is 12.0. The van der Waals surface area contributed by atoms with Crippen LogP contribution in [0.3, 0.4) is 0 Å². The van der Waals surface area contributed by atoms with Gasteiger partial charge in [-0.2, -0.15) is 10.2 Å². The maximum atomic E-state index is 12.9. The van der Waals surface area contributed by atoms with Crippen molar-refractivity contribution in [1.29, 1.82) is 0 Å². The first-order chi connectivity index (χ1) is 13.9. The average Bonchev–Trinajstić information content (AvgIpc) is 3.33. The van der Waals surface area contributed by atoms with Crippen molar-refractivity contribution < 1.29 is 4.79 Å². The molecule has 0 unspecified atom stereocenters. The molecule has 0 spiro atoms. The van der Waals surface area contributed by atoms with Gasteiger partial charge in [0.1, 0.15) is 5.69 Å². The van der Waals surface area contributed by atoms with Crippen molar-refractivity contribution in [3.05, 3.63) is 83.8 Å². The second kappa shape index (κ2) is 7.39. The Morgan fingerprint density at radius 1 is 1.10 bits per heavy atom. The van der Waals surface area contributed by atoms with E-state index in [1.54, 1.807) is 10.9 Å². The molecule has 6 nitrogen and oxygen atoms in total. The van der Waals surface area contributed by atoms with Crippen molar-refractivity contribution in [2.24, 2.45) is 5.10 Å². The highest BCUT2D eigenvalue weighted by Gasteiger charge is 2.23. The number of nitrogens with one attached hydrogen (secondary N) is 2. The molecule has 0 bridgehead atoms. The van der Waals surface area contributed by atoms with Crippen LogP contribution in [0.25, 0.3) is 16.6 Å². The van der Waals surface area contributed by atoms with Gasteiger partial charge in [0.15, 0.2) is 0 Å². The summed E-state index contributed by atoms with van der Waals surface area (Å²) in [5, 5.41) is 9.88. The van der Waals surface area contributed by atoms with E-state index in [0.717, 1.165) is 27.8 Å². The lowest BCUT2D eigenvalue weighted by Crippen LogP contribution is -2.21. The highest BCUT2D eigenvalue weighted by molar-refractivity contribution is 6.00. The van der Waals surface area contributed by atoms with E-state index in [-0.39, 0.29) is 11.3 Å². The summed E-state index contributed by atoms with van der Waals surface area (Å²) < 4.78 is 1.66. The zero-order valence-corrected chi connectivity index (χ0v) is 16.7. The molecular formula is C23H23N5O. The van der Waals surface area contributed by atoms with Gasteiger partial charge in [0.05, 0.1) is 17.6 Å². The number of hydrogen-bond donors (Lipinski definition) is 2. The fraction of sp³-hybridized carbons (Fsp3) is 0.174. The maximum absolute atomic E-state index is 12.9. The summed E-state index contributed by atoms with van der Waals surface area (Å²) in [5.41, 5.74) is 6.50. The molecule has 0 aliphatic carbocycles. The van der Waals surface area contributed by atoms with Crippen LogP contribution in [0, 0.1) is 0 Å². The molecule has 146 valence electrons. The molecule has 0 saturated carbocycles. The molecule has 0 radical (unpaired) electrons. The smallest absolute Gasteiger partial charge is 0.290 e. The topological polar surface area (TPSA) is 75.1 Å². The molecule has 2 heterocycles. The van der Waals surface area contributed by atoms with Gasteiger partial charge in [0.25, 0.3) is 5.91 Å². The van der Waals surface area contributed by atoms with Gasteiger partial charge in [-0.25, -0.2) is 10.1 Å². The number of rotatable bonds is 4. The summed E-state index contributed by atoms with van der Waals surface area (Å²) in [6.45, 7) is 6.21. The zero-order valence-electron chi connectivity index (χ0n) is 16.7. The third-order valence-corrected chi connectivity index (χ3v) is 4.70. The molecule has 2 aromatic heterocycles. The lowest BCUT2D eigenvalue weighted by atomic mass is 9.92. The van der Waals surface area contributed by atoms with Crippen molar-refractivity contribution >= 4 is 23.0 Å². The van der Waals surface area contributed by atoms with Crippen LogP contribution >= 0.6 is 0 Å². The Labute approximate surface area is 169 Å². The van der Waals surface area contributed by atoms with Crippen molar-refractivity contribution in [2.45, 2.75) is 26.2 Å². The Morgan fingerprint density at radius 3 is 2.59 bits per heavy atom. The van der Waals surface area contributed by atoms with E-state index >= 15 is 0 Å².